The molecule has 1 saturated heterocycles. The van der Waals surface area contributed by atoms with Crippen LogP contribution in [0.3, 0.4) is 0 Å². The lowest BCUT2D eigenvalue weighted by molar-refractivity contribution is 0.0386. The van der Waals surface area contributed by atoms with Crippen molar-refractivity contribution in [2.75, 3.05) is 12.3 Å². The molecule has 2 aliphatic rings. The Hall–Kier alpha value is -0.130. The Morgan fingerprint density at radius 2 is 1.85 bits per heavy atom. The maximum Gasteiger partial charge on any atom is 0.214 e. The second kappa shape index (κ2) is 6.75. The van der Waals surface area contributed by atoms with Gasteiger partial charge in [-0.1, -0.05) is 26.7 Å². The molecule has 0 aromatic heterocycles. The minimum Gasteiger partial charge on any atom is -0.393 e. The average Bonchev–Trinajstić information content (AvgIpc) is 2.87. The zero-order valence-corrected chi connectivity index (χ0v) is 13.6. The van der Waals surface area contributed by atoms with Gasteiger partial charge in [0.2, 0.25) is 10.0 Å². The molecule has 1 saturated carbocycles. The van der Waals surface area contributed by atoms with Gasteiger partial charge in [0, 0.05) is 18.5 Å². The summed E-state index contributed by atoms with van der Waals surface area (Å²) in [7, 11) is -3.15. The Labute approximate surface area is 123 Å². The molecule has 0 bridgehead atoms. The normalized spacial score (nSPS) is 32.9. The van der Waals surface area contributed by atoms with E-state index in [1.165, 1.54) is 0 Å². The number of aliphatic hydroxyl groups excluding tert-OH is 1. The highest BCUT2D eigenvalue weighted by Crippen LogP contribution is 2.36. The second-order valence-corrected chi connectivity index (χ2v) is 8.88. The first-order valence-corrected chi connectivity index (χ1v) is 9.70. The molecule has 0 amide bonds. The van der Waals surface area contributed by atoms with Gasteiger partial charge in [-0.05, 0) is 38.0 Å². The monoisotopic (exact) mass is 303 g/mol. The fourth-order valence-electron chi connectivity index (χ4n) is 3.63. The lowest BCUT2D eigenvalue weighted by atomic mass is 9.81. The van der Waals surface area contributed by atoms with Crippen LogP contribution in [-0.4, -0.2) is 42.3 Å². The lowest BCUT2D eigenvalue weighted by Gasteiger charge is -2.36. The molecule has 1 aliphatic heterocycles. The quantitative estimate of drug-likeness (QED) is 0.848. The minimum atomic E-state index is -3.15. The third kappa shape index (κ3) is 3.74. The lowest BCUT2D eigenvalue weighted by Crippen LogP contribution is -2.46. The molecule has 20 heavy (non-hydrogen) atoms. The van der Waals surface area contributed by atoms with E-state index >= 15 is 0 Å². The van der Waals surface area contributed by atoms with E-state index in [0.717, 1.165) is 44.9 Å². The van der Waals surface area contributed by atoms with Crippen LogP contribution in [0.2, 0.25) is 0 Å². The van der Waals surface area contributed by atoms with Gasteiger partial charge in [-0.25, -0.2) is 8.42 Å². The highest BCUT2D eigenvalue weighted by atomic mass is 32.2. The van der Waals surface area contributed by atoms with Crippen LogP contribution < -0.4 is 0 Å². The molecule has 5 heteroatoms. The number of nitrogens with zero attached hydrogens (tertiary/aromatic N) is 1. The molecule has 1 aliphatic carbocycles. The molecule has 4 nitrogen and oxygen atoms in total. The van der Waals surface area contributed by atoms with Crippen molar-refractivity contribution in [3.8, 4) is 0 Å². The van der Waals surface area contributed by atoms with Crippen LogP contribution in [0.25, 0.3) is 0 Å². The van der Waals surface area contributed by atoms with E-state index in [0.29, 0.717) is 12.5 Å². The molecule has 0 aromatic carbocycles. The number of aliphatic hydroxyl groups is 1. The van der Waals surface area contributed by atoms with Crippen molar-refractivity contribution in [1.29, 1.82) is 0 Å². The van der Waals surface area contributed by atoms with E-state index in [1.54, 1.807) is 4.31 Å². The highest BCUT2D eigenvalue weighted by molar-refractivity contribution is 7.89. The largest absolute Gasteiger partial charge is 0.393 e. The van der Waals surface area contributed by atoms with Crippen LogP contribution in [0.5, 0.6) is 0 Å². The molecule has 1 N–H and O–H groups in total. The maximum absolute atomic E-state index is 12.5. The van der Waals surface area contributed by atoms with Gasteiger partial charge in [-0.2, -0.15) is 4.31 Å². The summed E-state index contributed by atoms with van der Waals surface area (Å²) >= 11 is 0. The number of hydrogen-bond donors (Lipinski definition) is 1. The van der Waals surface area contributed by atoms with Crippen LogP contribution in [0.4, 0.5) is 0 Å². The van der Waals surface area contributed by atoms with Crippen molar-refractivity contribution in [2.24, 2.45) is 11.8 Å². The van der Waals surface area contributed by atoms with Gasteiger partial charge >= 0.3 is 0 Å². The van der Waals surface area contributed by atoms with E-state index in [-0.39, 0.29) is 23.8 Å². The molecular weight excluding hydrogens is 274 g/mol. The van der Waals surface area contributed by atoms with Crippen LogP contribution in [0.1, 0.15) is 58.8 Å². The molecule has 2 rings (SSSR count). The molecule has 1 heterocycles. The number of sulfonamides is 1. The fraction of sp³-hybridized carbons (Fsp3) is 1.00. The number of rotatable bonds is 5. The first-order valence-electron chi connectivity index (χ1n) is 8.09. The first-order chi connectivity index (χ1) is 9.42. The van der Waals surface area contributed by atoms with Crippen molar-refractivity contribution in [1.82, 2.24) is 4.31 Å². The fourth-order valence-corrected chi connectivity index (χ4v) is 5.72. The Morgan fingerprint density at radius 1 is 1.15 bits per heavy atom. The highest BCUT2D eigenvalue weighted by Gasteiger charge is 2.41. The SMILES string of the molecule is CC(C)CCS(=O)(=O)N1CCCC1C1CCCCC1O. The van der Waals surface area contributed by atoms with Gasteiger partial charge in [0.25, 0.3) is 0 Å². The average molecular weight is 303 g/mol. The van der Waals surface area contributed by atoms with Gasteiger partial charge in [0.1, 0.15) is 0 Å². The van der Waals surface area contributed by atoms with Crippen molar-refractivity contribution in [3.63, 3.8) is 0 Å². The Bertz CT molecular complexity index is 407. The van der Waals surface area contributed by atoms with Crippen LogP contribution in [-0.2, 0) is 10.0 Å². The molecule has 0 radical (unpaired) electrons. The van der Waals surface area contributed by atoms with Gasteiger partial charge in [0.15, 0.2) is 0 Å². The zero-order valence-electron chi connectivity index (χ0n) is 12.8. The predicted molar refractivity (Wildman–Crippen MR) is 80.9 cm³/mol. The molecule has 0 aromatic rings. The Kier molecular flexibility index (Phi) is 5.49. The van der Waals surface area contributed by atoms with Gasteiger partial charge in [-0.3, -0.25) is 0 Å². The van der Waals surface area contributed by atoms with Crippen molar-refractivity contribution in [2.45, 2.75) is 70.9 Å². The minimum absolute atomic E-state index is 0.0439. The van der Waals surface area contributed by atoms with Crippen molar-refractivity contribution < 1.29 is 13.5 Å². The third-order valence-corrected chi connectivity index (χ3v) is 6.75. The van der Waals surface area contributed by atoms with E-state index < -0.39 is 10.0 Å². The van der Waals surface area contributed by atoms with Crippen LogP contribution in [0.15, 0.2) is 0 Å². The molecule has 3 atom stereocenters. The predicted octanol–water partition coefficient (Wildman–Crippen LogP) is 2.38. The summed E-state index contributed by atoms with van der Waals surface area (Å²) in [6.45, 7) is 4.76. The summed E-state index contributed by atoms with van der Waals surface area (Å²) in [6, 6.07) is 0.0439. The van der Waals surface area contributed by atoms with Gasteiger partial charge < -0.3 is 5.11 Å². The van der Waals surface area contributed by atoms with Crippen LogP contribution in [0, 0.1) is 11.8 Å². The van der Waals surface area contributed by atoms with E-state index in [4.69, 9.17) is 0 Å². The summed E-state index contributed by atoms with van der Waals surface area (Å²) in [5.74, 6) is 0.815. The third-order valence-electron chi connectivity index (χ3n) is 4.83. The standard InChI is InChI=1S/C15H29NO3S/c1-12(2)9-11-20(18,19)16-10-5-7-14(16)13-6-3-4-8-15(13)17/h12-15,17H,3-11H2,1-2H3. The summed E-state index contributed by atoms with van der Waals surface area (Å²) < 4.78 is 26.8. The molecule has 118 valence electrons. The second-order valence-electron chi connectivity index (χ2n) is 6.83. The summed E-state index contributed by atoms with van der Waals surface area (Å²) in [4.78, 5) is 0. The zero-order chi connectivity index (χ0) is 14.8. The molecule has 0 spiro atoms. The van der Waals surface area contributed by atoms with E-state index in [2.05, 4.69) is 13.8 Å². The van der Waals surface area contributed by atoms with Crippen molar-refractivity contribution in [3.05, 3.63) is 0 Å². The van der Waals surface area contributed by atoms with E-state index in [9.17, 15) is 13.5 Å². The molecule has 2 fully saturated rings. The molecule has 3 unspecified atom stereocenters. The topological polar surface area (TPSA) is 57.6 Å². The van der Waals surface area contributed by atoms with Gasteiger partial charge in [0.05, 0.1) is 11.9 Å². The Morgan fingerprint density at radius 3 is 2.50 bits per heavy atom. The van der Waals surface area contributed by atoms with Crippen LogP contribution >= 0.6 is 0 Å². The number of hydrogen-bond acceptors (Lipinski definition) is 3. The Balaban J connectivity index is 2.06. The van der Waals surface area contributed by atoms with E-state index in [1.807, 2.05) is 0 Å². The summed E-state index contributed by atoms with van der Waals surface area (Å²) in [5.41, 5.74) is 0. The van der Waals surface area contributed by atoms with Gasteiger partial charge in [-0.15, -0.1) is 0 Å². The maximum atomic E-state index is 12.5. The summed E-state index contributed by atoms with van der Waals surface area (Å²) in [6.07, 6.45) is 6.27. The molecular formula is C15H29NO3S. The van der Waals surface area contributed by atoms with Crippen molar-refractivity contribution >= 4 is 10.0 Å². The smallest absolute Gasteiger partial charge is 0.214 e. The summed E-state index contributed by atoms with van der Waals surface area (Å²) in [5, 5.41) is 10.2. The first kappa shape index (κ1) is 16.2.